The molecule has 0 amide bonds. The Morgan fingerprint density at radius 3 is 1.65 bits per heavy atom. The van der Waals surface area contributed by atoms with Crippen molar-refractivity contribution >= 4 is 19.8 Å². The van der Waals surface area contributed by atoms with Gasteiger partial charge >= 0.3 is 0 Å². The molecule has 0 fully saturated rings. The predicted octanol–water partition coefficient (Wildman–Crippen LogP) is 5.96. The van der Waals surface area contributed by atoms with Gasteiger partial charge in [-0.05, 0) is 18.1 Å². The quantitative estimate of drug-likeness (QED) is 0.350. The van der Waals surface area contributed by atoms with Gasteiger partial charge in [-0.25, -0.2) is 0 Å². The maximum atomic E-state index is 13.0. The maximum absolute atomic E-state index is 13.0. The molecule has 0 saturated heterocycles. The van der Waals surface area contributed by atoms with Crippen molar-refractivity contribution in [3.63, 3.8) is 0 Å². The van der Waals surface area contributed by atoms with E-state index in [0.29, 0.717) is 11.3 Å². The lowest BCUT2D eigenvalue weighted by Crippen LogP contribution is -2.35. The molecule has 23 heavy (non-hydrogen) atoms. The zero-order chi connectivity index (χ0) is 16.7. The maximum Gasteiger partial charge on any atom is 0.250 e. The summed E-state index contributed by atoms with van der Waals surface area (Å²) in [5.74, 6) is 0.484. The van der Waals surface area contributed by atoms with E-state index in [1.54, 1.807) is 0 Å². The van der Waals surface area contributed by atoms with Crippen molar-refractivity contribution < 1.29 is 9.53 Å². The second-order valence-corrected chi connectivity index (χ2v) is 10.4. The lowest BCUT2D eigenvalue weighted by Gasteiger charge is -2.30. The highest BCUT2D eigenvalue weighted by Crippen LogP contribution is 2.33. The highest BCUT2D eigenvalue weighted by molar-refractivity contribution is 6.74. The van der Waals surface area contributed by atoms with E-state index in [2.05, 4.69) is 20.8 Å². The SMILES string of the molecule is CC[Si](CC)(CC)OC(=C([O])c1ccccc1)c1ccccc1. The third-order valence-electron chi connectivity index (χ3n) is 4.53. The van der Waals surface area contributed by atoms with E-state index >= 15 is 0 Å². The van der Waals surface area contributed by atoms with Crippen LogP contribution in [0.3, 0.4) is 0 Å². The Morgan fingerprint density at radius 2 is 1.22 bits per heavy atom. The summed E-state index contributed by atoms with van der Waals surface area (Å²) in [4.78, 5) is 0. The monoisotopic (exact) mass is 325 g/mol. The first-order valence-corrected chi connectivity index (χ1v) is 10.9. The van der Waals surface area contributed by atoms with Crippen LogP contribution in [0.4, 0.5) is 0 Å². The summed E-state index contributed by atoms with van der Waals surface area (Å²) in [7, 11) is -1.92. The van der Waals surface area contributed by atoms with Crippen LogP contribution in [0, 0.1) is 0 Å². The van der Waals surface area contributed by atoms with Crippen molar-refractivity contribution in [3.05, 3.63) is 71.8 Å². The molecular weight excluding hydrogens is 300 g/mol. The van der Waals surface area contributed by atoms with Crippen LogP contribution in [0.2, 0.25) is 18.1 Å². The summed E-state index contributed by atoms with van der Waals surface area (Å²) in [6.45, 7) is 6.53. The van der Waals surface area contributed by atoms with Crippen LogP contribution in [-0.4, -0.2) is 8.32 Å². The standard InChI is InChI=1S/C20H25O2Si/c1-4-23(5-2,6-3)22-20(18-15-11-8-12-16-18)19(21)17-13-9-7-10-14-17/h7-16H,4-6H2,1-3H3. The third kappa shape index (κ3) is 4.05. The lowest BCUT2D eigenvalue weighted by molar-refractivity contribution is 0.372. The summed E-state index contributed by atoms with van der Waals surface area (Å²) in [5, 5.41) is 13.0. The number of hydrogen-bond acceptors (Lipinski definition) is 1. The van der Waals surface area contributed by atoms with Crippen molar-refractivity contribution in [2.24, 2.45) is 0 Å². The molecule has 0 spiro atoms. The lowest BCUT2D eigenvalue weighted by atomic mass is 10.1. The van der Waals surface area contributed by atoms with Gasteiger partial charge in [0.05, 0.1) is 0 Å². The Morgan fingerprint density at radius 1 is 0.783 bits per heavy atom. The minimum atomic E-state index is -1.92. The largest absolute Gasteiger partial charge is 0.540 e. The van der Waals surface area contributed by atoms with Gasteiger partial charge in [-0.15, -0.1) is 0 Å². The van der Waals surface area contributed by atoms with Crippen LogP contribution in [0.1, 0.15) is 31.9 Å². The van der Waals surface area contributed by atoms with E-state index in [1.807, 2.05) is 60.7 Å². The minimum Gasteiger partial charge on any atom is -0.540 e. The van der Waals surface area contributed by atoms with Crippen LogP contribution >= 0.6 is 0 Å². The molecule has 0 bridgehead atoms. The molecule has 0 N–H and O–H groups in total. The van der Waals surface area contributed by atoms with E-state index in [0.717, 1.165) is 23.7 Å². The molecule has 2 aromatic carbocycles. The summed E-state index contributed by atoms with van der Waals surface area (Å²) >= 11 is 0. The fraction of sp³-hybridized carbons (Fsp3) is 0.300. The van der Waals surface area contributed by atoms with Gasteiger partial charge in [0.1, 0.15) is 0 Å². The number of hydrogen-bond donors (Lipinski definition) is 0. The van der Waals surface area contributed by atoms with E-state index in [9.17, 15) is 5.11 Å². The van der Waals surface area contributed by atoms with Crippen LogP contribution in [-0.2, 0) is 9.53 Å². The van der Waals surface area contributed by atoms with E-state index < -0.39 is 8.32 Å². The van der Waals surface area contributed by atoms with Crippen molar-refractivity contribution in [3.8, 4) is 0 Å². The Balaban J connectivity index is 2.53. The van der Waals surface area contributed by atoms with Crippen LogP contribution in [0.15, 0.2) is 60.7 Å². The average molecular weight is 326 g/mol. The Hall–Kier alpha value is -2.00. The fourth-order valence-electron chi connectivity index (χ4n) is 2.73. The molecule has 0 saturated carbocycles. The topological polar surface area (TPSA) is 29.1 Å². The first-order valence-electron chi connectivity index (χ1n) is 8.37. The molecular formula is C20H25O2Si. The van der Waals surface area contributed by atoms with Gasteiger partial charge in [-0.2, -0.15) is 0 Å². The van der Waals surface area contributed by atoms with Crippen molar-refractivity contribution in [1.82, 2.24) is 0 Å². The molecule has 0 aliphatic carbocycles. The predicted molar refractivity (Wildman–Crippen MR) is 98.7 cm³/mol. The molecule has 121 valence electrons. The zero-order valence-electron chi connectivity index (χ0n) is 14.2. The molecule has 0 aliphatic rings. The van der Waals surface area contributed by atoms with Gasteiger partial charge < -0.3 is 4.43 Å². The van der Waals surface area contributed by atoms with Gasteiger partial charge in [0, 0.05) is 11.1 Å². The van der Waals surface area contributed by atoms with Crippen LogP contribution in [0.5, 0.6) is 0 Å². The third-order valence-corrected chi connectivity index (χ3v) is 9.03. The van der Waals surface area contributed by atoms with Crippen LogP contribution in [0.25, 0.3) is 11.5 Å². The van der Waals surface area contributed by atoms with Crippen molar-refractivity contribution in [2.45, 2.75) is 38.9 Å². The molecule has 3 heteroatoms. The summed E-state index contributed by atoms with van der Waals surface area (Å²) in [6.07, 6.45) is 0. The van der Waals surface area contributed by atoms with E-state index in [-0.39, 0.29) is 5.76 Å². The molecule has 2 rings (SSSR count). The Bertz CT molecular complexity index is 623. The fourth-order valence-corrected chi connectivity index (χ4v) is 5.31. The van der Waals surface area contributed by atoms with Gasteiger partial charge in [-0.1, -0.05) is 81.4 Å². The molecule has 2 nitrogen and oxygen atoms in total. The van der Waals surface area contributed by atoms with E-state index in [1.165, 1.54) is 0 Å². The van der Waals surface area contributed by atoms with Gasteiger partial charge in [0.15, 0.2) is 5.76 Å². The summed E-state index contributed by atoms with van der Waals surface area (Å²) in [5.41, 5.74) is 1.55. The van der Waals surface area contributed by atoms with Gasteiger partial charge in [-0.3, -0.25) is 5.11 Å². The summed E-state index contributed by atoms with van der Waals surface area (Å²) < 4.78 is 6.49. The average Bonchev–Trinajstić information content (AvgIpc) is 2.64. The molecule has 0 aromatic heterocycles. The second kappa shape index (κ2) is 8.02. The molecule has 0 atom stereocenters. The first kappa shape index (κ1) is 17.4. The second-order valence-electron chi connectivity index (χ2n) is 5.74. The van der Waals surface area contributed by atoms with Crippen LogP contribution < -0.4 is 0 Å². The first-order chi connectivity index (χ1) is 11.2. The highest BCUT2D eigenvalue weighted by atomic mass is 28.4. The normalized spacial score (nSPS) is 12.7. The zero-order valence-corrected chi connectivity index (χ0v) is 15.2. The number of benzene rings is 2. The summed E-state index contributed by atoms with van der Waals surface area (Å²) in [6, 6.07) is 22.2. The van der Waals surface area contributed by atoms with Gasteiger partial charge in [0.2, 0.25) is 5.76 Å². The molecule has 0 unspecified atom stereocenters. The molecule has 0 aliphatic heterocycles. The Kier molecular flexibility index (Phi) is 6.05. The molecule has 1 radical (unpaired) electrons. The highest BCUT2D eigenvalue weighted by Gasteiger charge is 2.33. The minimum absolute atomic E-state index is 0.0241. The Labute approximate surface area is 140 Å². The van der Waals surface area contributed by atoms with Gasteiger partial charge in [0.25, 0.3) is 8.32 Å². The van der Waals surface area contributed by atoms with E-state index in [4.69, 9.17) is 4.43 Å². The van der Waals surface area contributed by atoms with Crippen molar-refractivity contribution in [1.29, 1.82) is 0 Å². The number of rotatable bonds is 7. The molecule has 2 aromatic rings. The smallest absolute Gasteiger partial charge is 0.250 e. The van der Waals surface area contributed by atoms with Crippen molar-refractivity contribution in [2.75, 3.05) is 0 Å². The molecule has 0 heterocycles.